The zero-order valence-electron chi connectivity index (χ0n) is 20.3. The fourth-order valence-corrected chi connectivity index (χ4v) is 5.32. The molecule has 0 fully saturated rings. The van der Waals surface area contributed by atoms with Crippen molar-refractivity contribution in [1.29, 1.82) is 0 Å². The zero-order chi connectivity index (χ0) is 25.5. The van der Waals surface area contributed by atoms with E-state index in [4.69, 9.17) is 9.72 Å². The fourth-order valence-electron chi connectivity index (χ4n) is 4.44. The minimum absolute atomic E-state index is 0.470. The summed E-state index contributed by atoms with van der Waals surface area (Å²) in [5.41, 5.74) is 7.00. The number of thiophene rings is 1. The van der Waals surface area contributed by atoms with Crippen LogP contribution >= 0.6 is 11.3 Å². The van der Waals surface area contributed by atoms with Gasteiger partial charge in [-0.05, 0) is 36.8 Å². The summed E-state index contributed by atoms with van der Waals surface area (Å²) in [5, 5.41) is 8.56. The van der Waals surface area contributed by atoms with Crippen LogP contribution in [0.2, 0.25) is 0 Å². The molecule has 0 bridgehead atoms. The number of hydrogen-bond donors (Lipinski definition) is 2. The first-order valence-electron chi connectivity index (χ1n) is 12.1. The van der Waals surface area contributed by atoms with Crippen molar-refractivity contribution in [3.05, 3.63) is 96.0 Å². The molecule has 0 atom stereocenters. The molecule has 6 aromatic heterocycles. The number of aryl methyl sites for hydroxylation is 1. The Labute approximate surface area is 221 Å². The number of aromatic amines is 2. The molecular formula is C29H21N7OS. The van der Waals surface area contributed by atoms with Crippen molar-refractivity contribution in [1.82, 2.24) is 35.1 Å². The highest BCUT2D eigenvalue weighted by Crippen LogP contribution is 2.34. The maximum Gasteiger partial charge on any atom is 0.159 e. The number of pyridine rings is 3. The monoisotopic (exact) mass is 515 g/mol. The smallest absolute Gasteiger partial charge is 0.159 e. The summed E-state index contributed by atoms with van der Waals surface area (Å²) in [7, 11) is 0. The number of rotatable bonds is 6. The van der Waals surface area contributed by atoms with Crippen LogP contribution in [0.15, 0.2) is 85.6 Å². The average Bonchev–Trinajstić information content (AvgIpc) is 3.70. The van der Waals surface area contributed by atoms with Crippen molar-refractivity contribution in [2.75, 3.05) is 0 Å². The number of imidazole rings is 1. The third kappa shape index (κ3) is 4.08. The molecule has 0 saturated carbocycles. The maximum absolute atomic E-state index is 5.97. The number of ether oxygens (including phenoxy) is 1. The summed E-state index contributed by atoms with van der Waals surface area (Å²) < 4.78 is 5.97. The highest BCUT2D eigenvalue weighted by Gasteiger charge is 2.17. The molecule has 8 nitrogen and oxygen atoms in total. The lowest BCUT2D eigenvalue weighted by Crippen LogP contribution is -1.96. The zero-order valence-corrected chi connectivity index (χ0v) is 21.2. The van der Waals surface area contributed by atoms with Gasteiger partial charge in [0.05, 0.1) is 35.3 Å². The molecule has 9 heteroatoms. The second-order valence-corrected chi connectivity index (χ2v) is 10.2. The van der Waals surface area contributed by atoms with E-state index < -0.39 is 0 Å². The number of fused-ring (bicyclic) bond motifs is 2. The van der Waals surface area contributed by atoms with Gasteiger partial charge in [-0.15, -0.1) is 11.3 Å². The lowest BCUT2D eigenvalue weighted by Gasteiger charge is -2.08. The molecular weight excluding hydrogens is 494 g/mol. The van der Waals surface area contributed by atoms with E-state index in [1.165, 1.54) is 4.88 Å². The van der Waals surface area contributed by atoms with Gasteiger partial charge in [0.25, 0.3) is 0 Å². The Hall–Kier alpha value is -4.89. The van der Waals surface area contributed by atoms with Crippen molar-refractivity contribution in [3.8, 4) is 39.0 Å². The number of hydrogen-bond acceptors (Lipinski definition) is 7. The SMILES string of the molecule is Cc1ccc(-c2cncc3[nH]c(-c4n[nH]c5cnc(-c6cncc(OCc7ccccc7)c6)cc45)nc23)s1. The van der Waals surface area contributed by atoms with Gasteiger partial charge >= 0.3 is 0 Å². The van der Waals surface area contributed by atoms with E-state index in [1.807, 2.05) is 48.7 Å². The Morgan fingerprint density at radius 2 is 1.79 bits per heavy atom. The third-order valence-electron chi connectivity index (χ3n) is 6.33. The van der Waals surface area contributed by atoms with Crippen LogP contribution in [-0.4, -0.2) is 35.1 Å². The van der Waals surface area contributed by atoms with E-state index in [0.29, 0.717) is 18.2 Å². The molecule has 0 radical (unpaired) electrons. The largest absolute Gasteiger partial charge is 0.487 e. The number of aromatic nitrogens is 7. The molecule has 0 saturated heterocycles. The first kappa shape index (κ1) is 22.3. The molecule has 0 aliphatic rings. The quantitative estimate of drug-likeness (QED) is 0.259. The first-order valence-corrected chi connectivity index (χ1v) is 12.9. The number of benzene rings is 1. The van der Waals surface area contributed by atoms with Crippen molar-refractivity contribution in [2.45, 2.75) is 13.5 Å². The second kappa shape index (κ2) is 9.20. The lowest BCUT2D eigenvalue weighted by atomic mass is 10.1. The van der Waals surface area contributed by atoms with Crippen molar-refractivity contribution < 1.29 is 4.74 Å². The fraction of sp³-hybridized carbons (Fsp3) is 0.0690. The van der Waals surface area contributed by atoms with E-state index in [0.717, 1.165) is 54.9 Å². The number of H-pyrrole nitrogens is 2. The van der Waals surface area contributed by atoms with Gasteiger partial charge < -0.3 is 9.72 Å². The standard InChI is InChI=1S/C29H21N7OS/c1-17-7-8-26(38-17)22-13-31-14-25-27(22)34-29(33-25)28-21-10-23(32-15-24(21)35-36-28)19-9-20(12-30-11-19)37-16-18-5-3-2-4-6-18/h2-15H,16H2,1H3,(H,33,34)(H,35,36). The van der Waals surface area contributed by atoms with Crippen LogP contribution in [0.25, 0.3) is 55.2 Å². The molecule has 2 N–H and O–H groups in total. The van der Waals surface area contributed by atoms with E-state index >= 15 is 0 Å². The molecule has 0 amide bonds. The normalized spacial score (nSPS) is 11.4. The van der Waals surface area contributed by atoms with Crippen LogP contribution < -0.4 is 4.74 Å². The Morgan fingerprint density at radius 3 is 2.66 bits per heavy atom. The summed E-state index contributed by atoms with van der Waals surface area (Å²) in [4.78, 5) is 24.2. The minimum Gasteiger partial charge on any atom is -0.487 e. The topological polar surface area (TPSA) is 105 Å². The van der Waals surface area contributed by atoms with Crippen LogP contribution in [0.5, 0.6) is 5.75 Å². The number of nitrogens with one attached hydrogen (secondary N) is 2. The molecule has 1 aromatic carbocycles. The predicted octanol–water partition coefficient (Wildman–Crippen LogP) is 6.57. The van der Waals surface area contributed by atoms with Crippen LogP contribution in [0.3, 0.4) is 0 Å². The molecule has 7 aromatic rings. The Morgan fingerprint density at radius 1 is 0.895 bits per heavy atom. The van der Waals surface area contributed by atoms with Crippen molar-refractivity contribution in [2.24, 2.45) is 0 Å². The second-order valence-electron chi connectivity index (χ2n) is 8.95. The van der Waals surface area contributed by atoms with Gasteiger partial charge in [0, 0.05) is 38.7 Å². The molecule has 7 rings (SSSR count). The molecule has 0 spiro atoms. The predicted molar refractivity (Wildman–Crippen MR) is 149 cm³/mol. The van der Waals surface area contributed by atoms with Crippen molar-refractivity contribution in [3.63, 3.8) is 0 Å². The summed E-state index contributed by atoms with van der Waals surface area (Å²) in [6.45, 7) is 2.57. The molecule has 184 valence electrons. The van der Waals surface area contributed by atoms with Gasteiger partial charge in [0.15, 0.2) is 5.82 Å². The van der Waals surface area contributed by atoms with Crippen LogP contribution in [0, 0.1) is 6.92 Å². The molecule has 6 heterocycles. The van der Waals surface area contributed by atoms with Gasteiger partial charge in [-0.25, -0.2) is 4.98 Å². The van der Waals surface area contributed by atoms with Gasteiger partial charge in [-0.1, -0.05) is 30.3 Å². The average molecular weight is 516 g/mol. The molecule has 0 aliphatic carbocycles. The lowest BCUT2D eigenvalue weighted by molar-refractivity contribution is 0.305. The maximum atomic E-state index is 5.97. The molecule has 38 heavy (non-hydrogen) atoms. The Bertz CT molecular complexity index is 1910. The summed E-state index contributed by atoms with van der Waals surface area (Å²) in [5.74, 6) is 1.35. The molecule has 0 unspecified atom stereocenters. The highest BCUT2D eigenvalue weighted by molar-refractivity contribution is 7.15. The van der Waals surface area contributed by atoms with E-state index in [1.54, 1.807) is 36.1 Å². The third-order valence-corrected chi connectivity index (χ3v) is 7.36. The van der Waals surface area contributed by atoms with Gasteiger partial charge in [0.2, 0.25) is 0 Å². The van der Waals surface area contributed by atoms with Gasteiger partial charge in [-0.3, -0.25) is 20.1 Å². The van der Waals surface area contributed by atoms with Gasteiger partial charge in [0.1, 0.15) is 23.6 Å². The van der Waals surface area contributed by atoms with E-state index in [9.17, 15) is 0 Å². The van der Waals surface area contributed by atoms with Crippen molar-refractivity contribution >= 4 is 33.3 Å². The van der Waals surface area contributed by atoms with E-state index in [2.05, 4.69) is 49.2 Å². The first-order chi connectivity index (χ1) is 18.7. The Kier molecular flexibility index (Phi) is 5.41. The van der Waals surface area contributed by atoms with Gasteiger partial charge in [-0.2, -0.15) is 5.10 Å². The summed E-state index contributed by atoms with van der Waals surface area (Å²) in [6.07, 6.45) is 8.94. The Balaban J connectivity index is 1.24. The molecule has 0 aliphatic heterocycles. The minimum atomic E-state index is 0.470. The van der Waals surface area contributed by atoms with E-state index in [-0.39, 0.29) is 0 Å². The van der Waals surface area contributed by atoms with Crippen LogP contribution in [0.1, 0.15) is 10.4 Å². The number of nitrogens with zero attached hydrogens (tertiary/aromatic N) is 5. The van der Waals surface area contributed by atoms with Crippen LogP contribution in [-0.2, 0) is 6.61 Å². The summed E-state index contributed by atoms with van der Waals surface area (Å²) >= 11 is 1.73. The highest BCUT2D eigenvalue weighted by atomic mass is 32.1. The van der Waals surface area contributed by atoms with Crippen LogP contribution in [0.4, 0.5) is 0 Å². The summed E-state index contributed by atoms with van der Waals surface area (Å²) in [6, 6.07) is 18.2.